The van der Waals surface area contributed by atoms with Crippen molar-refractivity contribution in [3.05, 3.63) is 60.4 Å². The second-order valence-electron chi connectivity index (χ2n) is 7.61. The van der Waals surface area contributed by atoms with E-state index < -0.39 is 5.82 Å². The Kier molecular flexibility index (Phi) is 8.37. The fraction of sp³-hybridized carbons (Fsp3) is 0.391. The third kappa shape index (κ3) is 7.66. The highest BCUT2D eigenvalue weighted by molar-refractivity contribution is 5.92. The number of piperazine rings is 1. The molecule has 0 radical (unpaired) electrons. The van der Waals surface area contributed by atoms with Crippen molar-refractivity contribution < 1.29 is 18.7 Å². The van der Waals surface area contributed by atoms with Crippen molar-refractivity contribution in [1.82, 2.24) is 14.7 Å². The Morgan fingerprint density at radius 2 is 1.77 bits per heavy atom. The number of carbonyl (C=O) groups is 2. The molecule has 3 rings (SSSR count). The predicted molar refractivity (Wildman–Crippen MR) is 117 cm³/mol. The van der Waals surface area contributed by atoms with Gasteiger partial charge in [-0.1, -0.05) is 24.3 Å². The SMILES string of the molecule is CN(CC(=O)Nc1cccc(F)c1)CC(=O)N1CCN(CCOc2ccccc2)CC1. The Bertz CT molecular complexity index is 857. The summed E-state index contributed by atoms with van der Waals surface area (Å²) in [4.78, 5) is 30.5. The summed E-state index contributed by atoms with van der Waals surface area (Å²) in [7, 11) is 1.72. The van der Waals surface area contributed by atoms with Crippen molar-refractivity contribution in [2.24, 2.45) is 0 Å². The van der Waals surface area contributed by atoms with Crippen molar-refractivity contribution in [2.75, 3.05) is 64.8 Å². The van der Waals surface area contributed by atoms with Crippen molar-refractivity contribution in [3.8, 4) is 5.75 Å². The van der Waals surface area contributed by atoms with E-state index in [-0.39, 0.29) is 24.9 Å². The molecule has 0 bridgehead atoms. The van der Waals surface area contributed by atoms with Gasteiger partial charge in [-0.25, -0.2) is 4.39 Å². The molecule has 0 aliphatic carbocycles. The Morgan fingerprint density at radius 3 is 2.48 bits per heavy atom. The molecule has 166 valence electrons. The lowest BCUT2D eigenvalue weighted by Crippen LogP contribution is -2.51. The predicted octanol–water partition coefficient (Wildman–Crippen LogP) is 1.92. The standard InChI is InChI=1S/C23H29FN4O3/c1-26(17-22(29)25-20-7-5-6-19(24)16-20)18-23(30)28-12-10-27(11-13-28)14-15-31-21-8-3-2-4-9-21/h2-9,16H,10-15,17-18H2,1H3,(H,25,29). The van der Waals surface area contributed by atoms with E-state index in [9.17, 15) is 14.0 Å². The third-order valence-electron chi connectivity index (χ3n) is 5.07. The first kappa shape index (κ1) is 22.7. The summed E-state index contributed by atoms with van der Waals surface area (Å²) >= 11 is 0. The van der Waals surface area contributed by atoms with Crippen LogP contribution in [0.25, 0.3) is 0 Å². The molecule has 1 aliphatic rings. The average molecular weight is 429 g/mol. The van der Waals surface area contributed by atoms with Gasteiger partial charge in [0.25, 0.3) is 0 Å². The summed E-state index contributed by atoms with van der Waals surface area (Å²) < 4.78 is 18.9. The van der Waals surface area contributed by atoms with Gasteiger partial charge in [0.05, 0.1) is 13.1 Å². The van der Waals surface area contributed by atoms with E-state index in [1.54, 1.807) is 18.0 Å². The highest BCUT2D eigenvalue weighted by Gasteiger charge is 2.22. The van der Waals surface area contributed by atoms with Crippen LogP contribution in [0.2, 0.25) is 0 Å². The van der Waals surface area contributed by atoms with Crippen molar-refractivity contribution in [1.29, 1.82) is 0 Å². The van der Waals surface area contributed by atoms with E-state index in [4.69, 9.17) is 4.74 Å². The monoisotopic (exact) mass is 428 g/mol. The van der Waals surface area contributed by atoms with Crippen LogP contribution < -0.4 is 10.1 Å². The van der Waals surface area contributed by atoms with Crippen LogP contribution in [-0.2, 0) is 9.59 Å². The van der Waals surface area contributed by atoms with Crippen LogP contribution in [0.5, 0.6) is 5.75 Å². The molecular weight excluding hydrogens is 399 g/mol. The van der Waals surface area contributed by atoms with E-state index in [1.807, 2.05) is 35.2 Å². The first-order valence-corrected chi connectivity index (χ1v) is 10.4. The first-order chi connectivity index (χ1) is 15.0. The summed E-state index contributed by atoms with van der Waals surface area (Å²) in [5.41, 5.74) is 0.400. The number of likely N-dealkylation sites (N-methyl/N-ethyl adjacent to an activating group) is 1. The lowest BCUT2D eigenvalue weighted by molar-refractivity contribution is -0.134. The van der Waals surface area contributed by atoms with Crippen LogP contribution in [0.1, 0.15) is 0 Å². The smallest absolute Gasteiger partial charge is 0.238 e. The molecule has 2 aromatic carbocycles. The number of nitrogens with zero attached hydrogens (tertiary/aromatic N) is 3. The highest BCUT2D eigenvalue weighted by atomic mass is 19.1. The number of hydrogen-bond acceptors (Lipinski definition) is 5. The molecule has 1 aliphatic heterocycles. The summed E-state index contributed by atoms with van der Waals surface area (Å²) in [6, 6.07) is 15.4. The second-order valence-corrected chi connectivity index (χ2v) is 7.61. The van der Waals surface area contributed by atoms with E-state index in [1.165, 1.54) is 18.2 Å². The van der Waals surface area contributed by atoms with Gasteiger partial charge in [-0.2, -0.15) is 0 Å². The number of rotatable bonds is 9. The number of ether oxygens (including phenoxy) is 1. The summed E-state index contributed by atoms with van der Waals surface area (Å²) in [6.45, 7) is 4.56. The van der Waals surface area contributed by atoms with E-state index in [2.05, 4.69) is 10.2 Å². The topological polar surface area (TPSA) is 65.1 Å². The fourth-order valence-corrected chi connectivity index (χ4v) is 3.43. The van der Waals surface area contributed by atoms with Crippen LogP contribution >= 0.6 is 0 Å². The molecule has 1 fully saturated rings. The number of anilines is 1. The molecule has 1 saturated heterocycles. The maximum Gasteiger partial charge on any atom is 0.238 e. The van der Waals surface area contributed by atoms with Gasteiger partial charge >= 0.3 is 0 Å². The lowest BCUT2D eigenvalue weighted by Gasteiger charge is -2.35. The Hall–Kier alpha value is -2.97. The molecule has 0 unspecified atom stereocenters. The molecule has 0 aromatic heterocycles. The first-order valence-electron chi connectivity index (χ1n) is 10.4. The lowest BCUT2D eigenvalue weighted by atomic mass is 10.3. The Morgan fingerprint density at radius 1 is 1.03 bits per heavy atom. The second kappa shape index (κ2) is 11.4. The molecule has 1 heterocycles. The summed E-state index contributed by atoms with van der Waals surface area (Å²) in [6.07, 6.45) is 0. The van der Waals surface area contributed by atoms with Gasteiger partial charge in [-0.05, 0) is 37.4 Å². The van der Waals surface area contributed by atoms with E-state index in [0.717, 1.165) is 25.4 Å². The van der Waals surface area contributed by atoms with Crippen molar-refractivity contribution >= 4 is 17.5 Å². The van der Waals surface area contributed by atoms with Gasteiger partial charge in [0, 0.05) is 38.4 Å². The van der Waals surface area contributed by atoms with Gasteiger partial charge in [-0.3, -0.25) is 19.4 Å². The maximum atomic E-state index is 13.2. The summed E-state index contributed by atoms with van der Waals surface area (Å²) in [5, 5.41) is 2.64. The largest absolute Gasteiger partial charge is 0.492 e. The summed E-state index contributed by atoms with van der Waals surface area (Å²) in [5.74, 6) is 0.165. The minimum absolute atomic E-state index is 0.00115. The molecule has 31 heavy (non-hydrogen) atoms. The molecule has 0 atom stereocenters. The van der Waals surface area contributed by atoms with Gasteiger partial charge in [0.1, 0.15) is 18.2 Å². The molecule has 2 aromatic rings. The minimum atomic E-state index is -0.410. The number of hydrogen-bond donors (Lipinski definition) is 1. The number of benzene rings is 2. The zero-order chi connectivity index (χ0) is 22.1. The van der Waals surface area contributed by atoms with Crippen molar-refractivity contribution in [3.63, 3.8) is 0 Å². The van der Waals surface area contributed by atoms with Gasteiger partial charge in [0.15, 0.2) is 0 Å². The number of carbonyl (C=O) groups excluding carboxylic acids is 2. The van der Waals surface area contributed by atoms with E-state index in [0.29, 0.717) is 25.4 Å². The van der Waals surface area contributed by atoms with E-state index >= 15 is 0 Å². The Balaban J connectivity index is 1.33. The maximum absolute atomic E-state index is 13.2. The number of para-hydroxylation sites is 1. The molecule has 8 heteroatoms. The number of amides is 2. The quantitative estimate of drug-likeness (QED) is 0.661. The molecule has 7 nitrogen and oxygen atoms in total. The highest BCUT2D eigenvalue weighted by Crippen LogP contribution is 2.10. The fourth-order valence-electron chi connectivity index (χ4n) is 3.43. The molecule has 0 spiro atoms. The number of nitrogens with one attached hydrogen (secondary N) is 1. The molecule has 1 N–H and O–H groups in total. The van der Waals surface area contributed by atoms with Crippen LogP contribution in [0.4, 0.5) is 10.1 Å². The third-order valence-corrected chi connectivity index (χ3v) is 5.07. The van der Waals surface area contributed by atoms with Crippen LogP contribution in [0, 0.1) is 5.82 Å². The zero-order valence-electron chi connectivity index (χ0n) is 17.8. The van der Waals surface area contributed by atoms with Crippen LogP contribution in [0.15, 0.2) is 54.6 Å². The normalized spacial score (nSPS) is 14.5. The molecule has 2 amide bonds. The van der Waals surface area contributed by atoms with Gasteiger partial charge in [-0.15, -0.1) is 0 Å². The van der Waals surface area contributed by atoms with Gasteiger partial charge < -0.3 is 15.0 Å². The number of halogens is 1. The van der Waals surface area contributed by atoms with Crippen LogP contribution in [0.3, 0.4) is 0 Å². The zero-order valence-corrected chi connectivity index (χ0v) is 17.8. The molecule has 0 saturated carbocycles. The minimum Gasteiger partial charge on any atom is -0.492 e. The average Bonchev–Trinajstić information content (AvgIpc) is 2.74. The van der Waals surface area contributed by atoms with Gasteiger partial charge in [0.2, 0.25) is 11.8 Å². The Labute approximate surface area is 182 Å². The van der Waals surface area contributed by atoms with Crippen LogP contribution in [-0.4, -0.2) is 86.0 Å². The van der Waals surface area contributed by atoms with Crippen molar-refractivity contribution in [2.45, 2.75) is 0 Å². The molecular formula is C23H29FN4O3.